The zero-order chi connectivity index (χ0) is 30.5. The number of anilines is 2. The van der Waals surface area contributed by atoms with Gasteiger partial charge in [0.25, 0.3) is 0 Å². The highest BCUT2D eigenvalue weighted by molar-refractivity contribution is 7.90. The maximum Gasteiger partial charge on any atom is 0.355 e. The highest BCUT2D eigenvalue weighted by Crippen LogP contribution is 2.35. The first-order valence-electron chi connectivity index (χ1n) is 13.1. The van der Waals surface area contributed by atoms with Gasteiger partial charge < -0.3 is 15.5 Å². The number of nitrogens with zero attached hydrogens (tertiary/aromatic N) is 7. The number of pyridine rings is 2. The average Bonchev–Trinajstić information content (AvgIpc) is 3.36. The maximum absolute atomic E-state index is 15.8. The number of nitrogens with one attached hydrogen (secondary N) is 1. The van der Waals surface area contributed by atoms with Crippen LogP contribution < -0.4 is 16.3 Å². The van der Waals surface area contributed by atoms with Gasteiger partial charge in [-0.15, -0.1) is 0 Å². The number of nitrogens with two attached hydrogens (primary N) is 1. The number of carbonyl (C=O) groups is 1. The fraction of sp³-hybridized carbons (Fsp3) is 0.333. The number of nitrogen functional groups attached to an aromatic ring is 1. The Kier molecular flexibility index (Phi) is 7.30. The summed E-state index contributed by atoms with van der Waals surface area (Å²) in [5.41, 5.74) is 5.38. The van der Waals surface area contributed by atoms with E-state index in [9.17, 15) is 18.0 Å². The highest BCUT2D eigenvalue weighted by Gasteiger charge is 2.31. The van der Waals surface area contributed by atoms with Gasteiger partial charge in [0.15, 0.2) is 21.3 Å². The Morgan fingerprint density at radius 2 is 2.02 bits per heavy atom. The second kappa shape index (κ2) is 10.6. The number of sulfone groups is 1. The minimum atomic E-state index is -3.87. The summed E-state index contributed by atoms with van der Waals surface area (Å²) in [6.45, 7) is 9.94. The summed E-state index contributed by atoms with van der Waals surface area (Å²) in [5, 5.41) is 6.56. The van der Waals surface area contributed by atoms with Crippen molar-refractivity contribution < 1.29 is 17.6 Å². The lowest BCUT2D eigenvalue weighted by atomic mass is 10.1. The zero-order valence-electron chi connectivity index (χ0n) is 23.5. The molecule has 0 radical (unpaired) electrons. The maximum atomic E-state index is 15.8. The summed E-state index contributed by atoms with van der Waals surface area (Å²) in [6, 6.07) is 2.19. The third kappa shape index (κ3) is 4.89. The minimum Gasteiger partial charge on any atom is -0.384 e. The molecule has 4 aromatic rings. The number of hydrogen-bond donors (Lipinski definition) is 2. The van der Waals surface area contributed by atoms with Crippen molar-refractivity contribution in [1.82, 2.24) is 34.6 Å². The number of aromatic nitrogens is 6. The van der Waals surface area contributed by atoms with Crippen molar-refractivity contribution in [1.29, 1.82) is 0 Å². The van der Waals surface area contributed by atoms with Crippen molar-refractivity contribution in [3.05, 3.63) is 59.2 Å². The number of H-pyrrole nitrogens is 1. The molecule has 0 saturated carbocycles. The van der Waals surface area contributed by atoms with Crippen LogP contribution in [0.4, 0.5) is 16.0 Å². The Morgan fingerprint density at radius 1 is 1.29 bits per heavy atom. The molecule has 1 aliphatic rings. The molecule has 0 aromatic carbocycles. The fourth-order valence-corrected chi connectivity index (χ4v) is 6.05. The second-order valence-electron chi connectivity index (χ2n) is 10.4. The van der Waals surface area contributed by atoms with Gasteiger partial charge in [0.2, 0.25) is 5.91 Å². The van der Waals surface area contributed by atoms with Gasteiger partial charge in [0.1, 0.15) is 17.3 Å². The molecule has 0 unspecified atom stereocenters. The SMILES string of the molecule is C=CC(=O)N1CCN(c2nc(=O)n(-c3c(S(C)(=O)=O)ccnc3C(C)C)c3nc(-c4cn[nH]c4N)c(F)cc23)[C@@H](C)C1. The lowest BCUT2D eigenvalue weighted by molar-refractivity contribution is -0.126. The van der Waals surface area contributed by atoms with E-state index in [4.69, 9.17) is 5.73 Å². The lowest BCUT2D eigenvalue weighted by Gasteiger charge is -2.40. The molecule has 1 amide bonds. The topological polar surface area (TPSA) is 173 Å². The molecular weight excluding hydrogens is 565 g/mol. The van der Waals surface area contributed by atoms with E-state index in [2.05, 4.69) is 31.7 Å². The third-order valence-electron chi connectivity index (χ3n) is 7.20. The molecule has 13 nitrogen and oxygen atoms in total. The van der Waals surface area contributed by atoms with Gasteiger partial charge >= 0.3 is 5.69 Å². The van der Waals surface area contributed by atoms with E-state index in [0.29, 0.717) is 25.3 Å². The molecular formula is C27H30FN9O4S. The number of amides is 1. The average molecular weight is 596 g/mol. The smallest absolute Gasteiger partial charge is 0.355 e. The van der Waals surface area contributed by atoms with Crippen molar-refractivity contribution in [3.8, 4) is 16.9 Å². The van der Waals surface area contributed by atoms with E-state index >= 15 is 4.39 Å². The van der Waals surface area contributed by atoms with E-state index in [0.717, 1.165) is 10.8 Å². The molecule has 5 rings (SSSR count). The molecule has 1 saturated heterocycles. The first kappa shape index (κ1) is 28.9. The monoisotopic (exact) mass is 595 g/mol. The molecule has 0 bridgehead atoms. The number of rotatable bonds is 6. The Balaban J connectivity index is 1.87. The van der Waals surface area contributed by atoms with Crippen LogP contribution in [0.1, 0.15) is 32.4 Å². The summed E-state index contributed by atoms with van der Waals surface area (Å²) in [7, 11) is -3.87. The van der Waals surface area contributed by atoms with Gasteiger partial charge in [-0.05, 0) is 31.1 Å². The van der Waals surface area contributed by atoms with E-state index in [1.165, 1.54) is 30.6 Å². The van der Waals surface area contributed by atoms with E-state index in [1.54, 1.807) is 9.80 Å². The molecule has 42 heavy (non-hydrogen) atoms. The van der Waals surface area contributed by atoms with Gasteiger partial charge in [-0.2, -0.15) is 10.1 Å². The number of hydrogen-bond acceptors (Lipinski definition) is 10. The summed E-state index contributed by atoms with van der Waals surface area (Å²) in [4.78, 5) is 42.8. The molecule has 0 aliphatic carbocycles. The lowest BCUT2D eigenvalue weighted by Crippen LogP contribution is -2.54. The van der Waals surface area contributed by atoms with E-state index in [1.807, 2.05) is 20.8 Å². The van der Waals surface area contributed by atoms with Crippen LogP contribution in [-0.2, 0) is 14.6 Å². The van der Waals surface area contributed by atoms with E-state index < -0.39 is 21.3 Å². The third-order valence-corrected chi connectivity index (χ3v) is 8.33. The number of aromatic amines is 1. The van der Waals surface area contributed by atoms with Crippen LogP contribution in [0, 0.1) is 5.82 Å². The van der Waals surface area contributed by atoms with Crippen LogP contribution in [0.15, 0.2) is 46.9 Å². The summed E-state index contributed by atoms with van der Waals surface area (Å²) < 4.78 is 42.7. The normalized spacial score (nSPS) is 15.9. The Bertz CT molecular complexity index is 1900. The minimum absolute atomic E-state index is 0.0104. The van der Waals surface area contributed by atoms with Crippen LogP contribution in [-0.4, -0.2) is 80.9 Å². The van der Waals surface area contributed by atoms with Crippen LogP contribution in [0.25, 0.3) is 28.0 Å². The van der Waals surface area contributed by atoms with Crippen LogP contribution >= 0.6 is 0 Å². The van der Waals surface area contributed by atoms with Crippen LogP contribution in [0.3, 0.4) is 0 Å². The van der Waals surface area contributed by atoms with Gasteiger partial charge in [0.05, 0.1) is 33.4 Å². The van der Waals surface area contributed by atoms with Gasteiger partial charge in [0, 0.05) is 38.1 Å². The van der Waals surface area contributed by atoms with Gasteiger partial charge in [-0.3, -0.25) is 14.9 Å². The molecule has 0 spiro atoms. The second-order valence-corrected chi connectivity index (χ2v) is 12.4. The Labute approximate surface area is 240 Å². The molecule has 5 heterocycles. The molecule has 3 N–H and O–H groups in total. The molecule has 4 aromatic heterocycles. The van der Waals surface area contributed by atoms with Crippen LogP contribution in [0.5, 0.6) is 0 Å². The molecule has 1 aliphatic heterocycles. The van der Waals surface area contributed by atoms with Crippen molar-refractivity contribution >= 4 is 38.4 Å². The number of carbonyl (C=O) groups excluding carboxylic acids is 1. The molecule has 1 atom stereocenters. The first-order valence-corrected chi connectivity index (χ1v) is 15.0. The van der Waals surface area contributed by atoms with E-state index in [-0.39, 0.29) is 62.4 Å². The summed E-state index contributed by atoms with van der Waals surface area (Å²) in [5.74, 6) is -1.07. The predicted octanol–water partition coefficient (Wildman–Crippen LogP) is 2.04. The molecule has 220 valence electrons. The summed E-state index contributed by atoms with van der Waals surface area (Å²) >= 11 is 0. The highest BCUT2D eigenvalue weighted by atomic mass is 32.2. The van der Waals surface area contributed by atoms with Crippen molar-refractivity contribution in [2.45, 2.75) is 37.6 Å². The van der Waals surface area contributed by atoms with Crippen molar-refractivity contribution in [3.63, 3.8) is 0 Å². The number of fused-ring (bicyclic) bond motifs is 1. The first-order chi connectivity index (χ1) is 19.8. The van der Waals surface area contributed by atoms with Gasteiger partial charge in [-0.25, -0.2) is 27.2 Å². The standard InChI is InChI=1S/C27H30FN9O4S/c1-6-20(38)35-9-10-36(15(4)13-35)25-16-11-18(28)22(17-12-31-34-24(17)29)32-26(16)37(27(39)33-25)23-19(42(5,40)41)7-8-30-21(23)14(2)3/h6-8,11-12,14-15H,1,9-10,13H2,2-5H3,(H3,29,31,34)/t15-/m0/s1. The van der Waals surface area contributed by atoms with Crippen LogP contribution in [0.2, 0.25) is 0 Å². The number of piperazine rings is 1. The van der Waals surface area contributed by atoms with Crippen molar-refractivity contribution in [2.24, 2.45) is 0 Å². The zero-order valence-corrected chi connectivity index (χ0v) is 24.3. The molecule has 1 fully saturated rings. The molecule has 15 heteroatoms. The summed E-state index contributed by atoms with van der Waals surface area (Å²) in [6.07, 6.45) is 4.93. The number of halogens is 1. The quantitative estimate of drug-likeness (QED) is 0.314. The Hall–Kier alpha value is -4.66. The van der Waals surface area contributed by atoms with Crippen molar-refractivity contribution in [2.75, 3.05) is 36.5 Å². The Morgan fingerprint density at radius 3 is 2.62 bits per heavy atom. The van der Waals surface area contributed by atoms with Gasteiger partial charge in [-0.1, -0.05) is 20.4 Å². The predicted molar refractivity (Wildman–Crippen MR) is 156 cm³/mol. The fourth-order valence-electron chi connectivity index (χ4n) is 5.20. The largest absolute Gasteiger partial charge is 0.384 e.